The molecule has 2 rings (SSSR count). The van der Waals surface area contributed by atoms with Gasteiger partial charge in [-0.25, -0.2) is 0 Å². The van der Waals surface area contributed by atoms with Crippen molar-refractivity contribution >= 4 is 17.5 Å². The minimum Gasteiger partial charge on any atom is -0.355 e. The minimum atomic E-state index is -0.0586. The SMILES string of the molecule is CNC(=O)c1ccc(C[NH+](C)[C@H](C)c2ccccc2Cl)cc1. The molecule has 2 N–H and O–H groups in total. The Kier molecular flexibility index (Phi) is 5.58. The van der Waals surface area contributed by atoms with Gasteiger partial charge in [-0.05, 0) is 25.1 Å². The molecule has 2 atom stereocenters. The molecule has 0 aromatic heterocycles. The van der Waals surface area contributed by atoms with Crippen molar-refractivity contribution in [3.05, 3.63) is 70.2 Å². The smallest absolute Gasteiger partial charge is 0.251 e. The predicted molar refractivity (Wildman–Crippen MR) is 90.3 cm³/mol. The maximum absolute atomic E-state index is 11.5. The van der Waals surface area contributed by atoms with Crippen LogP contribution in [0.25, 0.3) is 0 Å². The number of rotatable bonds is 5. The fourth-order valence-corrected chi connectivity index (χ4v) is 2.78. The minimum absolute atomic E-state index is 0.0586. The van der Waals surface area contributed by atoms with Crippen molar-refractivity contribution in [3.8, 4) is 0 Å². The van der Waals surface area contributed by atoms with E-state index in [1.165, 1.54) is 10.5 Å². The van der Waals surface area contributed by atoms with E-state index in [2.05, 4.69) is 25.4 Å². The van der Waals surface area contributed by atoms with E-state index in [-0.39, 0.29) is 5.91 Å². The van der Waals surface area contributed by atoms with Gasteiger partial charge in [-0.3, -0.25) is 4.79 Å². The third-order valence-corrected chi connectivity index (χ3v) is 4.38. The highest BCUT2D eigenvalue weighted by Gasteiger charge is 2.18. The van der Waals surface area contributed by atoms with Crippen LogP contribution in [0.5, 0.6) is 0 Å². The topological polar surface area (TPSA) is 33.5 Å². The maximum Gasteiger partial charge on any atom is 0.251 e. The lowest BCUT2D eigenvalue weighted by atomic mass is 10.1. The second-order valence-corrected chi connectivity index (χ2v) is 5.95. The van der Waals surface area contributed by atoms with E-state index in [0.717, 1.165) is 17.1 Å². The summed E-state index contributed by atoms with van der Waals surface area (Å²) in [6, 6.07) is 16.0. The summed E-state index contributed by atoms with van der Waals surface area (Å²) >= 11 is 6.28. The quantitative estimate of drug-likeness (QED) is 0.873. The molecule has 2 aromatic carbocycles. The van der Waals surface area contributed by atoms with Gasteiger partial charge >= 0.3 is 0 Å². The summed E-state index contributed by atoms with van der Waals surface area (Å²) in [6.07, 6.45) is 0. The monoisotopic (exact) mass is 317 g/mol. The van der Waals surface area contributed by atoms with E-state index >= 15 is 0 Å². The van der Waals surface area contributed by atoms with E-state index in [0.29, 0.717) is 11.6 Å². The van der Waals surface area contributed by atoms with Crippen LogP contribution >= 0.6 is 11.6 Å². The van der Waals surface area contributed by atoms with Crippen LogP contribution in [0.3, 0.4) is 0 Å². The molecule has 0 saturated carbocycles. The predicted octanol–water partition coefficient (Wildman–Crippen LogP) is 2.48. The number of halogens is 1. The molecule has 22 heavy (non-hydrogen) atoms. The molecule has 116 valence electrons. The number of nitrogens with one attached hydrogen (secondary N) is 2. The molecule has 0 heterocycles. The highest BCUT2D eigenvalue weighted by atomic mass is 35.5. The van der Waals surface area contributed by atoms with Crippen LogP contribution in [-0.4, -0.2) is 20.0 Å². The number of carbonyl (C=O) groups is 1. The molecule has 0 fully saturated rings. The van der Waals surface area contributed by atoms with E-state index in [1.807, 2.05) is 42.5 Å². The van der Waals surface area contributed by atoms with Crippen molar-refractivity contribution in [1.29, 1.82) is 0 Å². The van der Waals surface area contributed by atoms with E-state index < -0.39 is 0 Å². The second-order valence-electron chi connectivity index (χ2n) is 5.54. The lowest BCUT2D eigenvalue weighted by Gasteiger charge is -2.23. The third-order valence-electron chi connectivity index (χ3n) is 4.04. The molecule has 4 heteroatoms. The van der Waals surface area contributed by atoms with Crippen molar-refractivity contribution in [2.45, 2.75) is 19.5 Å². The number of carbonyl (C=O) groups excluding carboxylic acids is 1. The Bertz CT molecular complexity index is 640. The average molecular weight is 318 g/mol. The van der Waals surface area contributed by atoms with Gasteiger partial charge in [-0.1, -0.05) is 41.9 Å². The highest BCUT2D eigenvalue weighted by Crippen LogP contribution is 2.20. The summed E-state index contributed by atoms with van der Waals surface area (Å²) in [7, 11) is 3.79. The Morgan fingerprint density at radius 2 is 1.82 bits per heavy atom. The van der Waals surface area contributed by atoms with Crippen LogP contribution < -0.4 is 10.2 Å². The van der Waals surface area contributed by atoms with Gasteiger partial charge in [-0.15, -0.1) is 0 Å². The summed E-state index contributed by atoms with van der Waals surface area (Å²) < 4.78 is 0. The number of hydrogen-bond donors (Lipinski definition) is 2. The first-order chi connectivity index (χ1) is 10.5. The molecule has 0 spiro atoms. The first-order valence-electron chi connectivity index (χ1n) is 7.40. The zero-order chi connectivity index (χ0) is 16.1. The molecule has 0 bridgehead atoms. The van der Waals surface area contributed by atoms with Crippen LogP contribution in [0.1, 0.15) is 34.5 Å². The molecule has 3 nitrogen and oxygen atoms in total. The van der Waals surface area contributed by atoms with Crippen LogP contribution in [0.15, 0.2) is 48.5 Å². The summed E-state index contributed by atoms with van der Waals surface area (Å²) in [5.41, 5.74) is 3.04. The van der Waals surface area contributed by atoms with E-state index in [4.69, 9.17) is 11.6 Å². The molecule has 0 aliphatic rings. The summed E-state index contributed by atoms with van der Waals surface area (Å²) in [5.74, 6) is -0.0586. The normalized spacial score (nSPS) is 13.5. The molecular formula is C18H22ClN2O+. The third kappa shape index (κ3) is 3.87. The molecule has 1 amide bonds. The molecule has 2 aromatic rings. The van der Waals surface area contributed by atoms with Crippen molar-refractivity contribution in [2.75, 3.05) is 14.1 Å². The molecule has 0 aliphatic heterocycles. The van der Waals surface area contributed by atoms with Gasteiger partial charge < -0.3 is 10.2 Å². The molecule has 0 aliphatic carbocycles. The van der Waals surface area contributed by atoms with E-state index in [9.17, 15) is 4.79 Å². The van der Waals surface area contributed by atoms with Gasteiger partial charge in [0.05, 0.1) is 7.05 Å². The lowest BCUT2D eigenvalue weighted by molar-refractivity contribution is -0.924. The van der Waals surface area contributed by atoms with Crippen molar-refractivity contribution in [3.63, 3.8) is 0 Å². The van der Waals surface area contributed by atoms with Crippen LogP contribution in [0.4, 0.5) is 0 Å². The first kappa shape index (κ1) is 16.5. The maximum atomic E-state index is 11.5. The van der Waals surface area contributed by atoms with Crippen LogP contribution in [0, 0.1) is 0 Å². The first-order valence-corrected chi connectivity index (χ1v) is 7.78. The number of amides is 1. The molecule has 1 unspecified atom stereocenters. The highest BCUT2D eigenvalue weighted by molar-refractivity contribution is 6.31. The fourth-order valence-electron chi connectivity index (χ4n) is 2.49. The average Bonchev–Trinajstić information content (AvgIpc) is 2.54. The van der Waals surface area contributed by atoms with Crippen molar-refractivity contribution in [2.24, 2.45) is 0 Å². The Balaban J connectivity index is 2.07. The van der Waals surface area contributed by atoms with Crippen LogP contribution in [0.2, 0.25) is 5.02 Å². The van der Waals surface area contributed by atoms with E-state index in [1.54, 1.807) is 7.05 Å². The fraction of sp³-hybridized carbons (Fsp3) is 0.278. The zero-order valence-electron chi connectivity index (χ0n) is 13.2. The zero-order valence-corrected chi connectivity index (χ0v) is 13.9. The van der Waals surface area contributed by atoms with Crippen molar-refractivity contribution < 1.29 is 9.69 Å². The second kappa shape index (κ2) is 7.43. The summed E-state index contributed by atoms with van der Waals surface area (Å²) in [6.45, 7) is 3.05. The number of quaternary nitrogens is 1. The van der Waals surface area contributed by atoms with Gasteiger partial charge in [0.25, 0.3) is 5.91 Å². The number of hydrogen-bond acceptors (Lipinski definition) is 1. The summed E-state index contributed by atoms with van der Waals surface area (Å²) in [5, 5.41) is 3.44. The Morgan fingerprint density at radius 1 is 1.18 bits per heavy atom. The van der Waals surface area contributed by atoms with Gasteiger partial charge in [0.2, 0.25) is 0 Å². The number of benzene rings is 2. The summed E-state index contributed by atoms with van der Waals surface area (Å²) in [4.78, 5) is 12.9. The lowest BCUT2D eigenvalue weighted by Crippen LogP contribution is -3.07. The van der Waals surface area contributed by atoms with Gasteiger partial charge in [0.15, 0.2) is 0 Å². The van der Waals surface area contributed by atoms with Crippen LogP contribution in [-0.2, 0) is 6.54 Å². The van der Waals surface area contributed by atoms with Crippen molar-refractivity contribution in [1.82, 2.24) is 5.32 Å². The largest absolute Gasteiger partial charge is 0.355 e. The Labute approximate surface area is 136 Å². The van der Waals surface area contributed by atoms with Gasteiger partial charge in [0.1, 0.15) is 12.6 Å². The molecule has 0 saturated heterocycles. The molecular weight excluding hydrogens is 296 g/mol. The van der Waals surface area contributed by atoms with Gasteiger partial charge in [0, 0.05) is 28.8 Å². The molecule has 0 radical (unpaired) electrons. The standard InChI is InChI=1S/C18H21ClN2O/c1-13(16-6-4-5-7-17(16)19)21(3)12-14-8-10-15(11-9-14)18(22)20-2/h4-11,13H,12H2,1-3H3,(H,20,22)/p+1/t13-/m1/s1. The Hall–Kier alpha value is -1.84. The Morgan fingerprint density at radius 3 is 2.41 bits per heavy atom. The van der Waals surface area contributed by atoms with Gasteiger partial charge in [-0.2, -0.15) is 0 Å².